The van der Waals surface area contributed by atoms with Gasteiger partial charge in [0, 0.05) is 30.0 Å². The number of amidine groups is 1. The van der Waals surface area contributed by atoms with Crippen LogP contribution in [-0.4, -0.2) is 28.1 Å². The second-order valence-electron chi connectivity index (χ2n) is 6.42. The van der Waals surface area contributed by atoms with Crippen molar-refractivity contribution in [1.82, 2.24) is 14.5 Å². The van der Waals surface area contributed by atoms with Gasteiger partial charge in [0.25, 0.3) is 0 Å². The van der Waals surface area contributed by atoms with Crippen molar-refractivity contribution in [1.29, 1.82) is 5.26 Å². The van der Waals surface area contributed by atoms with Crippen molar-refractivity contribution in [2.45, 2.75) is 13.1 Å². The Balaban J connectivity index is 0.000000137. The number of aromatic nitrogens is 2. The van der Waals surface area contributed by atoms with Gasteiger partial charge in [0.15, 0.2) is 0 Å². The van der Waals surface area contributed by atoms with Gasteiger partial charge in [-0.2, -0.15) is 5.26 Å². The molecule has 2 aromatic heterocycles. The highest BCUT2D eigenvalue weighted by molar-refractivity contribution is 5.86. The minimum absolute atomic E-state index is 0.424. The van der Waals surface area contributed by atoms with Crippen molar-refractivity contribution >= 4 is 27.6 Å². The van der Waals surface area contributed by atoms with Crippen LogP contribution in [0.25, 0.3) is 21.8 Å². The number of benzene rings is 2. The summed E-state index contributed by atoms with van der Waals surface area (Å²) in [6.07, 6.45) is 4.06. The van der Waals surface area contributed by atoms with Crippen LogP contribution in [-0.2, 0) is 13.1 Å². The molecule has 5 heteroatoms. The van der Waals surface area contributed by atoms with Gasteiger partial charge in [0.05, 0.1) is 19.2 Å². The number of hydrogen-bond acceptors (Lipinski definition) is 3. The first-order valence-corrected chi connectivity index (χ1v) is 9.07. The predicted molar refractivity (Wildman–Crippen MR) is 110 cm³/mol. The van der Waals surface area contributed by atoms with E-state index < -0.39 is 0 Å². The molecule has 3 heterocycles. The molecule has 2 aromatic carbocycles. The summed E-state index contributed by atoms with van der Waals surface area (Å²) in [5, 5.41) is 14.3. The molecular formula is C22H21N5. The molecular weight excluding hydrogens is 334 g/mol. The maximum Gasteiger partial charge on any atom is 0.117 e. The molecule has 1 aliphatic rings. The Labute approximate surface area is 158 Å². The van der Waals surface area contributed by atoms with Crippen LogP contribution in [0.2, 0.25) is 0 Å². The van der Waals surface area contributed by atoms with E-state index in [0.717, 1.165) is 31.0 Å². The first kappa shape index (κ1) is 16.9. The molecule has 0 atom stereocenters. The van der Waals surface area contributed by atoms with Gasteiger partial charge in [-0.15, -0.1) is 0 Å². The fraction of sp³-hybridized carbons (Fsp3) is 0.182. The van der Waals surface area contributed by atoms with Crippen molar-refractivity contribution in [3.05, 3.63) is 73.1 Å². The molecule has 0 radical (unpaired) electrons. The summed E-state index contributed by atoms with van der Waals surface area (Å²) in [5.74, 6) is 1.09. The number of aliphatic imine (C=N–C) groups is 1. The Hall–Kier alpha value is -3.52. The number of nitrogens with zero attached hydrogens (tertiary/aromatic N) is 4. The summed E-state index contributed by atoms with van der Waals surface area (Å²) < 4.78 is 4.17. The molecule has 0 bridgehead atoms. The van der Waals surface area contributed by atoms with E-state index in [1.807, 2.05) is 41.1 Å². The number of fused-ring (bicyclic) bond motifs is 2. The molecule has 27 heavy (non-hydrogen) atoms. The highest BCUT2D eigenvalue weighted by Gasteiger charge is 2.07. The summed E-state index contributed by atoms with van der Waals surface area (Å²) in [6, 6.07) is 22.8. The third-order valence-corrected chi connectivity index (χ3v) is 4.67. The topological polar surface area (TPSA) is 58.0 Å². The van der Waals surface area contributed by atoms with Gasteiger partial charge in [-0.05, 0) is 35.0 Å². The summed E-state index contributed by atoms with van der Waals surface area (Å²) in [5.41, 5.74) is 2.40. The molecule has 0 aliphatic carbocycles. The zero-order valence-electron chi connectivity index (χ0n) is 15.0. The van der Waals surface area contributed by atoms with Crippen LogP contribution in [0.15, 0.2) is 78.0 Å². The van der Waals surface area contributed by atoms with Crippen LogP contribution in [0.1, 0.15) is 0 Å². The van der Waals surface area contributed by atoms with Gasteiger partial charge in [0.2, 0.25) is 0 Å². The van der Waals surface area contributed by atoms with Crippen LogP contribution in [0.4, 0.5) is 0 Å². The van der Waals surface area contributed by atoms with E-state index >= 15 is 0 Å². The van der Waals surface area contributed by atoms with E-state index in [9.17, 15) is 0 Å². The lowest BCUT2D eigenvalue weighted by Gasteiger charge is -2.05. The molecule has 4 aromatic rings. The molecule has 0 unspecified atom stereocenters. The minimum Gasteiger partial charge on any atom is -0.370 e. The van der Waals surface area contributed by atoms with Crippen molar-refractivity contribution < 1.29 is 0 Å². The Bertz CT molecular complexity index is 1130. The first-order chi connectivity index (χ1) is 13.3. The fourth-order valence-corrected chi connectivity index (χ4v) is 3.35. The molecule has 134 valence electrons. The van der Waals surface area contributed by atoms with E-state index in [1.165, 1.54) is 16.3 Å². The van der Waals surface area contributed by atoms with Gasteiger partial charge in [-0.25, -0.2) is 0 Å². The molecule has 5 rings (SSSR count). The Kier molecular flexibility index (Phi) is 4.88. The smallest absolute Gasteiger partial charge is 0.117 e. The van der Waals surface area contributed by atoms with Gasteiger partial charge in [0.1, 0.15) is 12.4 Å². The minimum atomic E-state index is 0.424. The van der Waals surface area contributed by atoms with E-state index in [1.54, 1.807) is 0 Å². The predicted octanol–water partition coefficient (Wildman–Crippen LogP) is 3.81. The Morgan fingerprint density at radius 3 is 2.15 bits per heavy atom. The van der Waals surface area contributed by atoms with Gasteiger partial charge < -0.3 is 14.5 Å². The average molecular weight is 355 g/mol. The highest BCUT2D eigenvalue weighted by atomic mass is 15.1. The second-order valence-corrected chi connectivity index (χ2v) is 6.42. The monoisotopic (exact) mass is 355 g/mol. The summed E-state index contributed by atoms with van der Waals surface area (Å²) >= 11 is 0. The number of rotatable bonds is 3. The maximum atomic E-state index is 8.53. The maximum absolute atomic E-state index is 8.53. The lowest BCUT2D eigenvalue weighted by molar-refractivity contribution is 0.863. The molecule has 1 N–H and O–H groups in total. The normalized spacial score (nSPS) is 12.9. The lowest BCUT2D eigenvalue weighted by atomic mass is 10.2. The second kappa shape index (κ2) is 7.79. The standard InChI is InChI=1S/C12H13N3.C10H8N2/c1-2-4-11-10(3-1)5-8-15(11)9-12-13-6-7-14-12;11-6-8-12-7-5-9-3-1-2-4-10(9)12/h1-5,8H,6-7,9H2,(H,13,14);1-5,7H,8H2. The van der Waals surface area contributed by atoms with Crippen LogP contribution in [0, 0.1) is 11.3 Å². The summed E-state index contributed by atoms with van der Waals surface area (Å²) in [6.45, 7) is 3.17. The number of nitrogens with one attached hydrogen (secondary N) is 1. The van der Waals surface area contributed by atoms with Crippen LogP contribution in [0.3, 0.4) is 0 Å². The fourth-order valence-electron chi connectivity index (χ4n) is 3.35. The van der Waals surface area contributed by atoms with E-state index in [0.29, 0.717) is 6.54 Å². The van der Waals surface area contributed by atoms with E-state index in [2.05, 4.69) is 57.5 Å². The molecule has 0 saturated carbocycles. The third-order valence-electron chi connectivity index (χ3n) is 4.67. The van der Waals surface area contributed by atoms with Gasteiger partial charge >= 0.3 is 0 Å². The largest absolute Gasteiger partial charge is 0.370 e. The summed E-state index contributed by atoms with van der Waals surface area (Å²) in [7, 11) is 0. The Morgan fingerprint density at radius 2 is 1.52 bits per heavy atom. The van der Waals surface area contributed by atoms with Gasteiger partial charge in [-0.3, -0.25) is 4.99 Å². The van der Waals surface area contributed by atoms with Crippen LogP contribution < -0.4 is 5.32 Å². The number of para-hydroxylation sites is 2. The zero-order valence-corrected chi connectivity index (χ0v) is 15.0. The first-order valence-electron chi connectivity index (χ1n) is 9.07. The highest BCUT2D eigenvalue weighted by Crippen LogP contribution is 2.15. The molecule has 0 fully saturated rings. The third kappa shape index (κ3) is 3.70. The molecule has 1 aliphatic heterocycles. The Morgan fingerprint density at radius 1 is 0.889 bits per heavy atom. The van der Waals surface area contributed by atoms with Crippen LogP contribution >= 0.6 is 0 Å². The molecule has 5 nitrogen and oxygen atoms in total. The molecule has 0 amide bonds. The molecule has 0 spiro atoms. The van der Waals surface area contributed by atoms with Gasteiger partial charge in [-0.1, -0.05) is 36.4 Å². The SMILES string of the molecule is N#CCn1ccc2ccccc21.c1ccc2c(c1)ccn2CC1=NCCN1. The zero-order chi connectivity index (χ0) is 18.5. The van der Waals surface area contributed by atoms with Crippen molar-refractivity contribution in [2.75, 3.05) is 13.1 Å². The van der Waals surface area contributed by atoms with E-state index in [4.69, 9.17) is 5.26 Å². The average Bonchev–Trinajstić information content (AvgIpc) is 3.45. The molecule has 0 saturated heterocycles. The number of nitriles is 1. The van der Waals surface area contributed by atoms with Crippen molar-refractivity contribution in [3.8, 4) is 6.07 Å². The quantitative estimate of drug-likeness (QED) is 0.607. The van der Waals surface area contributed by atoms with Crippen LogP contribution in [0.5, 0.6) is 0 Å². The summed E-state index contributed by atoms with van der Waals surface area (Å²) in [4.78, 5) is 4.40. The van der Waals surface area contributed by atoms with Crippen molar-refractivity contribution in [3.63, 3.8) is 0 Å². The number of hydrogen-bond donors (Lipinski definition) is 1. The van der Waals surface area contributed by atoms with Crippen molar-refractivity contribution in [2.24, 2.45) is 4.99 Å². The van der Waals surface area contributed by atoms with E-state index in [-0.39, 0.29) is 0 Å². The lowest BCUT2D eigenvalue weighted by Crippen LogP contribution is -2.23.